The summed E-state index contributed by atoms with van der Waals surface area (Å²) >= 11 is 1.47. The molecular formula is C25H23N3O4S. The molecule has 1 amide bonds. The lowest BCUT2D eigenvalue weighted by Crippen LogP contribution is -2.27. The Morgan fingerprint density at radius 3 is 2.61 bits per heavy atom. The van der Waals surface area contributed by atoms with Gasteiger partial charge in [-0.2, -0.15) is 0 Å². The average molecular weight is 462 g/mol. The van der Waals surface area contributed by atoms with Crippen molar-refractivity contribution in [3.8, 4) is 11.1 Å². The predicted molar refractivity (Wildman–Crippen MR) is 130 cm³/mol. The highest BCUT2D eigenvalue weighted by molar-refractivity contribution is 7.19. The van der Waals surface area contributed by atoms with Crippen molar-refractivity contribution in [2.75, 3.05) is 12.4 Å². The minimum absolute atomic E-state index is 0.203. The molecule has 0 saturated heterocycles. The Kier molecular flexibility index (Phi) is 6.11. The average Bonchev–Trinajstić information content (AvgIpc) is 3.14. The number of aromatic nitrogens is 2. The van der Waals surface area contributed by atoms with E-state index in [2.05, 4.69) is 16.4 Å². The number of carbonyl (C=O) groups excluding carboxylic acids is 2. The highest BCUT2D eigenvalue weighted by atomic mass is 32.1. The molecule has 4 rings (SSSR count). The highest BCUT2D eigenvalue weighted by Crippen LogP contribution is 2.36. The van der Waals surface area contributed by atoms with Crippen LogP contribution in [-0.4, -0.2) is 28.5 Å². The first-order valence-corrected chi connectivity index (χ1v) is 11.1. The molecule has 7 nitrogen and oxygen atoms in total. The third-order valence-corrected chi connectivity index (χ3v) is 6.54. The van der Waals surface area contributed by atoms with Gasteiger partial charge in [-0.15, -0.1) is 11.3 Å². The maximum atomic E-state index is 13.3. The van der Waals surface area contributed by atoms with Crippen LogP contribution in [0.3, 0.4) is 0 Å². The van der Waals surface area contributed by atoms with E-state index in [1.165, 1.54) is 41.0 Å². The van der Waals surface area contributed by atoms with Gasteiger partial charge >= 0.3 is 5.97 Å². The van der Waals surface area contributed by atoms with Crippen LogP contribution in [0.1, 0.15) is 26.4 Å². The monoisotopic (exact) mass is 461 g/mol. The van der Waals surface area contributed by atoms with Crippen molar-refractivity contribution in [3.63, 3.8) is 0 Å². The SMILES string of the molecule is COC(=O)c1cccc(NC(=O)Cn2cnc3sc(C)c(-c4ccc(C)c(C)c4)c3c2=O)c1. The molecule has 1 N–H and O–H groups in total. The van der Waals surface area contributed by atoms with E-state index in [0.717, 1.165) is 21.6 Å². The first kappa shape index (κ1) is 22.4. The van der Waals surface area contributed by atoms with Gasteiger partial charge in [-0.05, 0) is 55.7 Å². The van der Waals surface area contributed by atoms with Crippen LogP contribution in [0.5, 0.6) is 0 Å². The van der Waals surface area contributed by atoms with Crippen molar-refractivity contribution in [1.29, 1.82) is 0 Å². The first-order chi connectivity index (χ1) is 15.8. The molecule has 0 fully saturated rings. The van der Waals surface area contributed by atoms with Crippen LogP contribution in [0.4, 0.5) is 5.69 Å². The quantitative estimate of drug-likeness (QED) is 0.443. The van der Waals surface area contributed by atoms with Gasteiger partial charge in [0.1, 0.15) is 11.4 Å². The summed E-state index contributed by atoms with van der Waals surface area (Å²) < 4.78 is 6.01. The summed E-state index contributed by atoms with van der Waals surface area (Å²) in [5.41, 5.74) is 4.63. The molecule has 0 atom stereocenters. The maximum absolute atomic E-state index is 13.3. The lowest BCUT2D eigenvalue weighted by atomic mass is 9.99. The molecule has 2 aromatic heterocycles. The largest absolute Gasteiger partial charge is 0.465 e. The highest BCUT2D eigenvalue weighted by Gasteiger charge is 2.18. The maximum Gasteiger partial charge on any atom is 0.337 e. The Balaban J connectivity index is 1.66. The lowest BCUT2D eigenvalue weighted by molar-refractivity contribution is -0.116. The first-order valence-electron chi connectivity index (χ1n) is 10.3. The third kappa shape index (κ3) is 4.42. The number of aryl methyl sites for hydroxylation is 3. The number of hydrogen-bond donors (Lipinski definition) is 1. The van der Waals surface area contributed by atoms with E-state index in [1.54, 1.807) is 18.2 Å². The minimum Gasteiger partial charge on any atom is -0.465 e. The Hall–Kier alpha value is -3.78. The fourth-order valence-electron chi connectivity index (χ4n) is 3.69. The van der Waals surface area contributed by atoms with E-state index in [-0.39, 0.29) is 12.1 Å². The summed E-state index contributed by atoms with van der Waals surface area (Å²) in [5.74, 6) is -0.899. The van der Waals surface area contributed by atoms with Crippen LogP contribution in [0, 0.1) is 20.8 Å². The van der Waals surface area contributed by atoms with Gasteiger partial charge in [0.25, 0.3) is 5.56 Å². The van der Waals surface area contributed by atoms with Crippen LogP contribution >= 0.6 is 11.3 Å². The van der Waals surface area contributed by atoms with E-state index >= 15 is 0 Å². The molecule has 0 saturated carbocycles. The number of rotatable bonds is 5. The molecule has 0 radical (unpaired) electrons. The van der Waals surface area contributed by atoms with Crippen LogP contribution < -0.4 is 10.9 Å². The van der Waals surface area contributed by atoms with Gasteiger partial charge in [0.2, 0.25) is 5.91 Å². The minimum atomic E-state index is -0.497. The summed E-state index contributed by atoms with van der Waals surface area (Å²) in [5, 5.41) is 3.24. The number of ether oxygens (including phenoxy) is 1. The smallest absolute Gasteiger partial charge is 0.337 e. The van der Waals surface area contributed by atoms with Crippen LogP contribution in [-0.2, 0) is 16.1 Å². The number of amides is 1. The Bertz CT molecular complexity index is 1450. The number of nitrogens with zero attached hydrogens (tertiary/aromatic N) is 2. The van der Waals surface area contributed by atoms with Crippen molar-refractivity contribution in [2.24, 2.45) is 0 Å². The van der Waals surface area contributed by atoms with Crippen molar-refractivity contribution >= 4 is 39.1 Å². The summed E-state index contributed by atoms with van der Waals surface area (Å²) in [6.07, 6.45) is 1.40. The standard InChI is InChI=1S/C25H23N3O4S/c1-14-8-9-17(10-15(14)2)21-16(3)33-23-22(21)24(30)28(13-26-23)12-20(29)27-19-7-5-6-18(11-19)25(31)32-4/h5-11,13H,12H2,1-4H3,(H,27,29). The number of methoxy groups -OCH3 is 1. The molecule has 0 bridgehead atoms. The molecule has 168 valence electrons. The van der Waals surface area contributed by atoms with Gasteiger partial charge in [0.05, 0.1) is 24.4 Å². The van der Waals surface area contributed by atoms with Gasteiger partial charge in [0, 0.05) is 16.1 Å². The number of anilines is 1. The van der Waals surface area contributed by atoms with Gasteiger partial charge in [-0.1, -0.05) is 24.3 Å². The number of hydrogen-bond acceptors (Lipinski definition) is 6. The molecule has 33 heavy (non-hydrogen) atoms. The zero-order chi connectivity index (χ0) is 23.7. The molecule has 0 aliphatic carbocycles. The topological polar surface area (TPSA) is 90.3 Å². The van der Waals surface area contributed by atoms with E-state index in [4.69, 9.17) is 4.74 Å². The second-order valence-electron chi connectivity index (χ2n) is 7.81. The molecule has 2 aromatic carbocycles. The molecule has 4 aromatic rings. The van der Waals surface area contributed by atoms with Crippen molar-refractivity contribution in [1.82, 2.24) is 9.55 Å². The number of nitrogens with one attached hydrogen (secondary N) is 1. The summed E-state index contributed by atoms with van der Waals surface area (Å²) in [6, 6.07) is 12.5. The second kappa shape index (κ2) is 8.99. The summed E-state index contributed by atoms with van der Waals surface area (Å²) in [6.45, 7) is 5.86. The molecule has 0 unspecified atom stereocenters. The second-order valence-corrected chi connectivity index (χ2v) is 9.01. The van der Waals surface area contributed by atoms with Crippen LogP contribution in [0.2, 0.25) is 0 Å². The molecule has 8 heteroatoms. The van der Waals surface area contributed by atoms with Gasteiger partial charge in [-0.3, -0.25) is 14.2 Å². The van der Waals surface area contributed by atoms with Crippen molar-refractivity contribution in [2.45, 2.75) is 27.3 Å². The van der Waals surface area contributed by atoms with Crippen molar-refractivity contribution in [3.05, 3.63) is 80.7 Å². The number of carbonyl (C=O) groups is 2. The Morgan fingerprint density at radius 2 is 1.88 bits per heavy atom. The van der Waals surface area contributed by atoms with Crippen LogP contribution in [0.25, 0.3) is 21.3 Å². The third-order valence-electron chi connectivity index (χ3n) is 5.53. The Labute approximate surface area is 194 Å². The normalized spacial score (nSPS) is 10.9. The van der Waals surface area contributed by atoms with Gasteiger partial charge in [-0.25, -0.2) is 9.78 Å². The van der Waals surface area contributed by atoms with Gasteiger partial charge in [0.15, 0.2) is 0 Å². The summed E-state index contributed by atoms with van der Waals surface area (Å²) in [4.78, 5) is 43.8. The van der Waals surface area contributed by atoms with E-state index in [9.17, 15) is 14.4 Å². The number of benzene rings is 2. The molecule has 0 aliphatic rings. The summed E-state index contributed by atoms with van der Waals surface area (Å²) in [7, 11) is 1.29. The van der Waals surface area contributed by atoms with Crippen LogP contribution in [0.15, 0.2) is 53.6 Å². The lowest BCUT2D eigenvalue weighted by Gasteiger charge is -2.09. The fraction of sp³-hybridized carbons (Fsp3) is 0.200. The van der Waals surface area contributed by atoms with E-state index in [1.807, 2.05) is 32.9 Å². The molecule has 2 heterocycles. The molecule has 0 spiro atoms. The molecule has 0 aliphatic heterocycles. The van der Waals surface area contributed by atoms with E-state index in [0.29, 0.717) is 21.5 Å². The molecular weight excluding hydrogens is 438 g/mol. The zero-order valence-corrected chi connectivity index (χ0v) is 19.6. The Morgan fingerprint density at radius 1 is 1.09 bits per heavy atom. The number of thiophene rings is 1. The number of fused-ring (bicyclic) bond motifs is 1. The predicted octanol–water partition coefficient (Wildman–Crippen LogP) is 4.48. The van der Waals surface area contributed by atoms with Crippen molar-refractivity contribution < 1.29 is 14.3 Å². The fourth-order valence-corrected chi connectivity index (χ4v) is 4.69. The van der Waals surface area contributed by atoms with E-state index < -0.39 is 11.9 Å². The van der Waals surface area contributed by atoms with Gasteiger partial charge < -0.3 is 10.1 Å². The zero-order valence-electron chi connectivity index (χ0n) is 18.8. The number of esters is 1.